The van der Waals surface area contributed by atoms with Gasteiger partial charge in [-0.05, 0) is 38.5 Å². The maximum Gasteiger partial charge on any atom is 0.348 e. The molecule has 1 amide bonds. The van der Waals surface area contributed by atoms with Crippen molar-refractivity contribution in [1.29, 1.82) is 0 Å². The van der Waals surface area contributed by atoms with E-state index in [0.717, 1.165) is 16.2 Å². The number of thioether (sulfide) groups is 1. The first kappa shape index (κ1) is 24.4. The highest BCUT2D eigenvalue weighted by molar-refractivity contribution is 8.00. The van der Waals surface area contributed by atoms with E-state index in [4.69, 9.17) is 14.2 Å². The molecule has 0 saturated carbocycles. The standard InChI is InChI=1S/C21H23NO7S2/c1-4-27-20(25)17-13(3)18(21(26)28-5-2)31-19(17)22-15(23)11-29-16(24)12-30-14-9-7-6-8-10-14/h6-10H,4-5,11-12H2,1-3H3,(H,22,23). The van der Waals surface area contributed by atoms with Crippen LogP contribution in [0.3, 0.4) is 0 Å². The average molecular weight is 466 g/mol. The fourth-order valence-electron chi connectivity index (χ4n) is 2.45. The van der Waals surface area contributed by atoms with Crippen molar-refractivity contribution in [3.05, 3.63) is 46.3 Å². The second-order valence-corrected chi connectivity index (χ2v) is 8.08. The zero-order chi connectivity index (χ0) is 22.8. The summed E-state index contributed by atoms with van der Waals surface area (Å²) in [4.78, 5) is 49.8. The summed E-state index contributed by atoms with van der Waals surface area (Å²) < 4.78 is 15.0. The quantitative estimate of drug-likeness (QED) is 0.322. The van der Waals surface area contributed by atoms with E-state index in [1.807, 2.05) is 30.3 Å². The summed E-state index contributed by atoms with van der Waals surface area (Å²) in [5.41, 5.74) is 0.433. The summed E-state index contributed by atoms with van der Waals surface area (Å²) in [5.74, 6) is -2.40. The predicted molar refractivity (Wildman–Crippen MR) is 118 cm³/mol. The Labute approximate surface area is 188 Å². The van der Waals surface area contributed by atoms with Crippen LogP contribution in [0.2, 0.25) is 0 Å². The zero-order valence-corrected chi connectivity index (χ0v) is 19.0. The normalized spacial score (nSPS) is 10.3. The molecule has 166 valence electrons. The fraction of sp³-hybridized carbons (Fsp3) is 0.333. The maximum atomic E-state index is 12.3. The summed E-state index contributed by atoms with van der Waals surface area (Å²) >= 11 is 2.20. The van der Waals surface area contributed by atoms with Crippen molar-refractivity contribution in [2.45, 2.75) is 25.7 Å². The Bertz CT molecular complexity index is 941. The van der Waals surface area contributed by atoms with Crippen molar-refractivity contribution in [3.8, 4) is 0 Å². The van der Waals surface area contributed by atoms with Crippen LogP contribution in [0.15, 0.2) is 35.2 Å². The van der Waals surface area contributed by atoms with Crippen LogP contribution in [-0.2, 0) is 23.8 Å². The van der Waals surface area contributed by atoms with Crippen LogP contribution >= 0.6 is 23.1 Å². The van der Waals surface area contributed by atoms with E-state index in [2.05, 4.69) is 5.32 Å². The van der Waals surface area contributed by atoms with E-state index in [1.165, 1.54) is 11.8 Å². The molecule has 0 fully saturated rings. The molecule has 1 aromatic heterocycles. The molecule has 0 saturated heterocycles. The Morgan fingerprint density at radius 3 is 2.26 bits per heavy atom. The minimum Gasteiger partial charge on any atom is -0.462 e. The van der Waals surface area contributed by atoms with E-state index < -0.39 is 30.4 Å². The molecular weight excluding hydrogens is 442 g/mol. The lowest BCUT2D eigenvalue weighted by Gasteiger charge is -2.08. The molecule has 0 aliphatic rings. The molecule has 0 atom stereocenters. The molecule has 1 aromatic carbocycles. The lowest BCUT2D eigenvalue weighted by Crippen LogP contribution is -2.22. The molecule has 0 aliphatic heterocycles. The Kier molecular flexibility index (Phi) is 9.54. The number of carbonyl (C=O) groups is 4. The molecule has 2 aromatic rings. The van der Waals surface area contributed by atoms with E-state index in [9.17, 15) is 19.2 Å². The van der Waals surface area contributed by atoms with Crippen molar-refractivity contribution in [2.24, 2.45) is 0 Å². The maximum absolute atomic E-state index is 12.3. The molecule has 1 heterocycles. The molecule has 0 aliphatic carbocycles. The van der Waals surface area contributed by atoms with Crippen molar-refractivity contribution >= 4 is 51.9 Å². The third kappa shape index (κ3) is 7.11. The topological polar surface area (TPSA) is 108 Å². The van der Waals surface area contributed by atoms with E-state index in [1.54, 1.807) is 20.8 Å². The molecule has 8 nitrogen and oxygen atoms in total. The van der Waals surface area contributed by atoms with Crippen molar-refractivity contribution in [1.82, 2.24) is 0 Å². The Hall–Kier alpha value is -2.85. The molecular formula is C21H23NO7S2. The van der Waals surface area contributed by atoms with Crippen molar-refractivity contribution in [2.75, 3.05) is 30.9 Å². The van der Waals surface area contributed by atoms with Gasteiger partial charge < -0.3 is 19.5 Å². The molecule has 0 spiro atoms. The minimum absolute atomic E-state index is 0.0521. The number of benzene rings is 1. The Morgan fingerprint density at radius 2 is 1.61 bits per heavy atom. The van der Waals surface area contributed by atoms with Gasteiger partial charge in [-0.1, -0.05) is 18.2 Å². The number of thiophene rings is 1. The lowest BCUT2D eigenvalue weighted by atomic mass is 10.1. The van der Waals surface area contributed by atoms with Crippen LogP contribution in [0.25, 0.3) is 0 Å². The summed E-state index contributed by atoms with van der Waals surface area (Å²) in [7, 11) is 0. The van der Waals surface area contributed by atoms with Gasteiger partial charge >= 0.3 is 17.9 Å². The molecule has 0 bridgehead atoms. The van der Waals surface area contributed by atoms with Crippen LogP contribution in [0.1, 0.15) is 39.4 Å². The van der Waals surface area contributed by atoms with Crippen LogP contribution in [0.5, 0.6) is 0 Å². The van der Waals surface area contributed by atoms with Gasteiger partial charge in [-0.3, -0.25) is 9.59 Å². The van der Waals surface area contributed by atoms with Gasteiger partial charge in [-0.15, -0.1) is 23.1 Å². The monoisotopic (exact) mass is 465 g/mol. The summed E-state index contributed by atoms with van der Waals surface area (Å²) in [6.07, 6.45) is 0. The SMILES string of the molecule is CCOC(=O)c1sc(NC(=O)COC(=O)CSc2ccccc2)c(C(=O)OCC)c1C. The van der Waals surface area contributed by atoms with Gasteiger partial charge in [0.1, 0.15) is 9.88 Å². The highest BCUT2D eigenvalue weighted by Crippen LogP contribution is 2.34. The average Bonchev–Trinajstić information content (AvgIpc) is 3.07. The summed E-state index contributed by atoms with van der Waals surface area (Å²) in [6, 6.07) is 9.31. The number of carbonyl (C=O) groups excluding carboxylic acids is 4. The largest absolute Gasteiger partial charge is 0.462 e. The first-order valence-electron chi connectivity index (χ1n) is 9.48. The Morgan fingerprint density at radius 1 is 0.968 bits per heavy atom. The second-order valence-electron chi connectivity index (χ2n) is 6.01. The first-order valence-corrected chi connectivity index (χ1v) is 11.3. The highest BCUT2D eigenvalue weighted by atomic mass is 32.2. The van der Waals surface area contributed by atoms with Gasteiger partial charge in [-0.25, -0.2) is 9.59 Å². The van der Waals surface area contributed by atoms with Gasteiger partial charge in [0.15, 0.2) is 6.61 Å². The molecule has 0 radical (unpaired) electrons. The summed E-state index contributed by atoms with van der Waals surface area (Å²) in [5, 5.41) is 2.66. The van der Waals surface area contributed by atoms with E-state index in [-0.39, 0.29) is 34.4 Å². The molecule has 31 heavy (non-hydrogen) atoms. The molecule has 0 unspecified atom stereocenters. The van der Waals surface area contributed by atoms with Crippen molar-refractivity contribution in [3.63, 3.8) is 0 Å². The second kappa shape index (κ2) is 12.1. The third-order valence-corrected chi connectivity index (χ3v) is 5.98. The Balaban J connectivity index is 2.01. The molecule has 1 N–H and O–H groups in total. The number of nitrogens with one attached hydrogen (secondary N) is 1. The van der Waals surface area contributed by atoms with Gasteiger partial charge in [-0.2, -0.15) is 0 Å². The van der Waals surface area contributed by atoms with E-state index in [0.29, 0.717) is 5.56 Å². The number of hydrogen-bond acceptors (Lipinski definition) is 9. The number of amides is 1. The van der Waals surface area contributed by atoms with Crippen LogP contribution in [-0.4, -0.2) is 49.4 Å². The fourth-order valence-corrected chi connectivity index (χ4v) is 4.27. The van der Waals surface area contributed by atoms with Crippen LogP contribution in [0, 0.1) is 6.92 Å². The number of rotatable bonds is 10. The number of hydrogen-bond donors (Lipinski definition) is 1. The van der Waals surface area contributed by atoms with E-state index >= 15 is 0 Å². The molecule has 2 rings (SSSR count). The van der Waals surface area contributed by atoms with Crippen LogP contribution in [0.4, 0.5) is 5.00 Å². The first-order chi connectivity index (χ1) is 14.9. The van der Waals surface area contributed by atoms with Gasteiger partial charge in [0.2, 0.25) is 0 Å². The van der Waals surface area contributed by atoms with Gasteiger partial charge in [0, 0.05) is 4.90 Å². The number of esters is 3. The predicted octanol–water partition coefficient (Wildman–Crippen LogP) is 3.68. The smallest absolute Gasteiger partial charge is 0.348 e. The van der Waals surface area contributed by atoms with Gasteiger partial charge in [0.05, 0.1) is 24.5 Å². The van der Waals surface area contributed by atoms with Crippen molar-refractivity contribution < 1.29 is 33.4 Å². The minimum atomic E-state index is -0.668. The molecule has 10 heteroatoms. The number of anilines is 1. The highest BCUT2D eigenvalue weighted by Gasteiger charge is 2.27. The summed E-state index contributed by atoms with van der Waals surface area (Å²) in [6.45, 7) is 4.67. The van der Waals surface area contributed by atoms with Gasteiger partial charge in [0.25, 0.3) is 5.91 Å². The zero-order valence-electron chi connectivity index (χ0n) is 17.4. The number of ether oxygens (including phenoxy) is 3. The van der Waals surface area contributed by atoms with Crippen LogP contribution < -0.4 is 5.32 Å². The third-order valence-electron chi connectivity index (χ3n) is 3.80. The lowest BCUT2D eigenvalue weighted by molar-refractivity contribution is -0.144.